The van der Waals surface area contributed by atoms with Crippen molar-refractivity contribution in [3.8, 4) is 5.75 Å². The minimum atomic E-state index is -0.0881. The molecule has 3 aromatic rings. The van der Waals surface area contributed by atoms with Gasteiger partial charge in [-0.1, -0.05) is 79.7 Å². The zero-order valence-corrected chi connectivity index (χ0v) is 13.5. The van der Waals surface area contributed by atoms with Crippen molar-refractivity contribution in [3.05, 3.63) is 102 Å². The van der Waals surface area contributed by atoms with Gasteiger partial charge in [0.15, 0.2) is 0 Å². The zero-order chi connectivity index (χ0) is 15.2. The molecule has 0 amide bonds. The van der Waals surface area contributed by atoms with Gasteiger partial charge in [0.25, 0.3) is 0 Å². The molecule has 3 N–H and O–H groups in total. The largest absolute Gasteiger partial charge is 0.481 e. The smallest absolute Gasteiger partial charge is 0.149 e. The van der Waals surface area contributed by atoms with Gasteiger partial charge in [-0.2, -0.15) is 0 Å². The molecule has 0 saturated carbocycles. The lowest BCUT2D eigenvalue weighted by Gasteiger charge is -2.20. The van der Waals surface area contributed by atoms with Crippen LogP contribution in [-0.2, 0) is 6.42 Å². The number of hydrogen-bond acceptors (Lipinski definition) is 2. The Bertz CT molecular complexity index is 653. The molecular weight excluding hydrogens is 282 g/mol. The maximum absolute atomic E-state index is 6.29. The summed E-state index contributed by atoms with van der Waals surface area (Å²) in [7, 11) is 0. The van der Waals surface area contributed by atoms with Crippen molar-refractivity contribution >= 4 is 0 Å². The Morgan fingerprint density at radius 1 is 0.696 bits per heavy atom. The maximum Gasteiger partial charge on any atom is 0.149 e. The molecule has 0 saturated heterocycles. The lowest BCUT2D eigenvalue weighted by molar-refractivity contribution is 0.247. The first-order valence-corrected chi connectivity index (χ1v) is 7.72. The van der Waals surface area contributed by atoms with Gasteiger partial charge in [0, 0.05) is 0 Å². The van der Waals surface area contributed by atoms with Crippen molar-refractivity contribution in [2.75, 3.05) is 0 Å². The Labute approximate surface area is 138 Å². The van der Waals surface area contributed by atoms with Gasteiger partial charge in [-0.15, -0.1) is 0 Å². The molecule has 0 spiro atoms. The van der Waals surface area contributed by atoms with E-state index in [0.29, 0.717) is 0 Å². The molecular formula is C21H23NO. The molecule has 23 heavy (non-hydrogen) atoms. The number of aryl methyl sites for hydroxylation is 1. The van der Waals surface area contributed by atoms with Crippen LogP contribution in [0.4, 0.5) is 0 Å². The van der Waals surface area contributed by atoms with Crippen molar-refractivity contribution < 1.29 is 4.74 Å². The van der Waals surface area contributed by atoms with Crippen LogP contribution >= 0.6 is 0 Å². The quantitative estimate of drug-likeness (QED) is 0.668. The fourth-order valence-corrected chi connectivity index (χ4v) is 2.52. The molecule has 0 aliphatic carbocycles. The molecule has 2 nitrogen and oxygen atoms in total. The third kappa shape index (κ3) is 4.21. The molecule has 0 unspecified atom stereocenters. The molecule has 0 fully saturated rings. The van der Waals surface area contributed by atoms with Gasteiger partial charge in [-0.25, -0.2) is 0 Å². The second-order valence-electron chi connectivity index (χ2n) is 5.32. The van der Waals surface area contributed by atoms with E-state index in [2.05, 4.69) is 79.7 Å². The fourth-order valence-electron chi connectivity index (χ4n) is 2.52. The maximum atomic E-state index is 6.29. The van der Waals surface area contributed by atoms with Gasteiger partial charge < -0.3 is 10.9 Å². The van der Waals surface area contributed by atoms with E-state index in [9.17, 15) is 0 Å². The van der Waals surface area contributed by atoms with Gasteiger partial charge in [0.05, 0.1) is 0 Å². The van der Waals surface area contributed by atoms with E-state index < -0.39 is 0 Å². The molecule has 0 aliphatic rings. The first kappa shape index (κ1) is 16.8. The van der Waals surface area contributed by atoms with Crippen LogP contribution in [0.25, 0.3) is 0 Å². The molecule has 118 valence electrons. The molecule has 0 radical (unpaired) electrons. The van der Waals surface area contributed by atoms with Gasteiger partial charge in [-0.3, -0.25) is 0 Å². The Hall–Kier alpha value is -2.58. The van der Waals surface area contributed by atoms with Crippen LogP contribution in [0.3, 0.4) is 0 Å². The van der Waals surface area contributed by atoms with Crippen LogP contribution < -0.4 is 10.9 Å². The first-order valence-electron chi connectivity index (χ1n) is 7.72. The predicted octanol–water partition coefficient (Wildman–Crippen LogP) is 5.58. The molecule has 3 aromatic carbocycles. The van der Waals surface area contributed by atoms with Gasteiger partial charge in [-0.05, 0) is 35.2 Å². The molecule has 0 aromatic heterocycles. The van der Waals surface area contributed by atoms with E-state index >= 15 is 0 Å². The summed E-state index contributed by atoms with van der Waals surface area (Å²) in [5, 5.41) is 0. The van der Waals surface area contributed by atoms with Crippen molar-refractivity contribution in [1.82, 2.24) is 6.15 Å². The Morgan fingerprint density at radius 3 is 1.61 bits per heavy atom. The Kier molecular flexibility index (Phi) is 5.95. The topological polar surface area (TPSA) is 44.2 Å². The molecule has 3 rings (SSSR count). The summed E-state index contributed by atoms with van der Waals surface area (Å²) in [6.45, 7) is 2.16. The van der Waals surface area contributed by atoms with Crippen LogP contribution in [0.1, 0.15) is 29.7 Å². The monoisotopic (exact) mass is 305 g/mol. The summed E-state index contributed by atoms with van der Waals surface area (Å²) in [4.78, 5) is 0. The van der Waals surface area contributed by atoms with Gasteiger partial charge in [0.2, 0.25) is 0 Å². The first-order chi connectivity index (χ1) is 10.9. The van der Waals surface area contributed by atoms with Crippen molar-refractivity contribution in [1.29, 1.82) is 0 Å². The zero-order valence-electron chi connectivity index (χ0n) is 13.5. The van der Waals surface area contributed by atoms with E-state index in [1.165, 1.54) is 5.56 Å². The lowest BCUT2D eigenvalue weighted by atomic mass is 10.0. The summed E-state index contributed by atoms with van der Waals surface area (Å²) in [5.41, 5.74) is 3.64. The highest BCUT2D eigenvalue weighted by Gasteiger charge is 2.15. The standard InChI is InChI=1S/C21H20O.H3N/c1-2-17-13-15-20(16-14-17)22-21(18-9-5-3-6-10-18)19-11-7-4-8-12-19;/h3-16,21H,2H2,1H3;1H3. The highest BCUT2D eigenvalue weighted by molar-refractivity contribution is 5.34. The SMILES string of the molecule is CCc1ccc(OC(c2ccccc2)c2ccccc2)cc1.N. The summed E-state index contributed by atoms with van der Waals surface area (Å²) in [6, 6.07) is 29.1. The average Bonchev–Trinajstić information content (AvgIpc) is 2.62. The summed E-state index contributed by atoms with van der Waals surface area (Å²) < 4.78 is 6.29. The van der Waals surface area contributed by atoms with Crippen LogP contribution in [0.5, 0.6) is 5.75 Å². The van der Waals surface area contributed by atoms with E-state index in [-0.39, 0.29) is 12.3 Å². The molecule has 0 heterocycles. The third-order valence-corrected chi connectivity index (χ3v) is 3.79. The van der Waals surface area contributed by atoms with E-state index in [0.717, 1.165) is 23.3 Å². The second-order valence-corrected chi connectivity index (χ2v) is 5.32. The lowest BCUT2D eigenvalue weighted by Crippen LogP contribution is -2.09. The summed E-state index contributed by atoms with van der Waals surface area (Å²) >= 11 is 0. The van der Waals surface area contributed by atoms with Crippen molar-refractivity contribution in [2.45, 2.75) is 19.4 Å². The minimum absolute atomic E-state index is 0. The predicted molar refractivity (Wildman–Crippen MR) is 96.2 cm³/mol. The van der Waals surface area contributed by atoms with E-state index in [1.54, 1.807) is 0 Å². The molecule has 2 heteroatoms. The fraction of sp³-hybridized carbons (Fsp3) is 0.143. The van der Waals surface area contributed by atoms with Gasteiger partial charge >= 0.3 is 0 Å². The second kappa shape index (κ2) is 8.16. The van der Waals surface area contributed by atoms with E-state index in [4.69, 9.17) is 4.74 Å². The Morgan fingerprint density at radius 2 is 1.17 bits per heavy atom. The number of benzene rings is 3. The van der Waals surface area contributed by atoms with Crippen molar-refractivity contribution in [3.63, 3.8) is 0 Å². The third-order valence-electron chi connectivity index (χ3n) is 3.79. The minimum Gasteiger partial charge on any atom is -0.481 e. The molecule has 0 aliphatic heterocycles. The van der Waals surface area contributed by atoms with Gasteiger partial charge in [0.1, 0.15) is 11.9 Å². The highest BCUT2D eigenvalue weighted by Crippen LogP contribution is 2.28. The Balaban J connectivity index is 0.00000192. The molecule has 0 atom stereocenters. The number of ether oxygens (including phenoxy) is 1. The summed E-state index contributed by atoms with van der Waals surface area (Å²) in [6.07, 6.45) is 0.955. The van der Waals surface area contributed by atoms with Crippen LogP contribution in [0, 0.1) is 0 Å². The van der Waals surface area contributed by atoms with E-state index in [1.807, 2.05) is 12.1 Å². The van der Waals surface area contributed by atoms with Crippen LogP contribution in [0.15, 0.2) is 84.9 Å². The van der Waals surface area contributed by atoms with Crippen LogP contribution in [-0.4, -0.2) is 0 Å². The average molecular weight is 305 g/mol. The molecule has 0 bridgehead atoms. The van der Waals surface area contributed by atoms with Crippen LogP contribution in [0.2, 0.25) is 0 Å². The summed E-state index contributed by atoms with van der Waals surface area (Å²) in [5.74, 6) is 0.898. The normalized spacial score (nSPS) is 10.2. The number of hydrogen-bond donors (Lipinski definition) is 1. The van der Waals surface area contributed by atoms with Crippen molar-refractivity contribution in [2.24, 2.45) is 0 Å². The highest BCUT2D eigenvalue weighted by atomic mass is 16.5. The number of rotatable bonds is 5.